The van der Waals surface area contributed by atoms with Crippen LogP contribution in [-0.2, 0) is 32.2 Å². The largest absolute Gasteiger partial charge is 0.573 e. The van der Waals surface area contributed by atoms with E-state index in [4.69, 9.17) is 27.8 Å². The first kappa shape index (κ1) is 42.6. The zero-order chi connectivity index (χ0) is 41.4. The number of fused-ring (bicyclic) bond motifs is 2. The van der Waals surface area contributed by atoms with Crippen molar-refractivity contribution in [3.05, 3.63) is 80.5 Å². The van der Waals surface area contributed by atoms with Crippen LogP contribution in [0.15, 0.2) is 67.0 Å². The smallest absolute Gasteiger partial charge is 0.422 e. The molecule has 2 fully saturated rings. The zero-order valence-electron chi connectivity index (χ0n) is 28.7. The maximum Gasteiger partial charge on any atom is 0.573 e. The molecule has 6 N–H and O–H groups in total. The van der Waals surface area contributed by atoms with E-state index in [1.807, 2.05) is 0 Å². The summed E-state index contributed by atoms with van der Waals surface area (Å²) in [5.41, 5.74) is -5.60. The molecular weight excluding hydrogens is 810 g/mol. The fourth-order valence-corrected chi connectivity index (χ4v) is 7.42. The molecule has 2 aromatic carbocycles. The van der Waals surface area contributed by atoms with Gasteiger partial charge in [0, 0.05) is 10.8 Å². The minimum absolute atomic E-state index is 0.0108. The maximum atomic E-state index is 12.7. The van der Waals surface area contributed by atoms with Gasteiger partial charge in [0.05, 0.1) is 37.6 Å². The van der Waals surface area contributed by atoms with E-state index in [1.54, 1.807) is 0 Å². The van der Waals surface area contributed by atoms with Crippen LogP contribution in [0.3, 0.4) is 0 Å². The molecule has 57 heavy (non-hydrogen) atoms. The highest BCUT2D eigenvalue weighted by molar-refractivity contribution is 8.00. The summed E-state index contributed by atoms with van der Waals surface area (Å²) in [4.78, 5) is 25.3. The Hall–Kier alpha value is -4.01. The number of benzene rings is 2. The average Bonchev–Trinajstić information content (AvgIpc) is 3.12. The van der Waals surface area contributed by atoms with Crippen LogP contribution in [0.5, 0.6) is 11.5 Å². The summed E-state index contributed by atoms with van der Waals surface area (Å²) in [6.45, 7) is -3.01. The predicted molar refractivity (Wildman–Crippen MR) is 179 cm³/mol. The number of aliphatic hydroxyl groups excluding tert-OH is 6. The third-order valence-electron chi connectivity index (χ3n) is 8.79. The van der Waals surface area contributed by atoms with E-state index in [-0.39, 0.29) is 33.1 Å². The Bertz CT molecular complexity index is 2000. The lowest BCUT2D eigenvalue weighted by atomic mass is 9.99. The quantitative estimate of drug-likeness (QED) is 0.0881. The van der Waals surface area contributed by atoms with Gasteiger partial charge < -0.3 is 67.9 Å². The minimum Gasteiger partial charge on any atom is -0.422 e. The van der Waals surface area contributed by atoms with Gasteiger partial charge in [-0.1, -0.05) is 11.8 Å². The summed E-state index contributed by atoms with van der Waals surface area (Å²) in [7, 11) is 0. The van der Waals surface area contributed by atoms with E-state index < -0.39 is 122 Å². The minimum atomic E-state index is -5.00. The van der Waals surface area contributed by atoms with Crippen molar-refractivity contribution < 1.29 is 94.2 Å². The van der Waals surface area contributed by atoms with E-state index in [0.717, 1.165) is 48.5 Å². The van der Waals surface area contributed by atoms with Crippen molar-refractivity contribution in [2.75, 3.05) is 13.2 Å². The fraction of sp³-hybridized carbons (Fsp3) is 0.471. The van der Waals surface area contributed by atoms with Crippen molar-refractivity contribution >= 4 is 33.7 Å². The highest BCUT2D eigenvalue weighted by Gasteiger charge is 2.51. The van der Waals surface area contributed by atoms with Gasteiger partial charge in [0.15, 0.2) is 0 Å². The first-order valence-electron chi connectivity index (χ1n) is 16.6. The Kier molecular flexibility index (Phi) is 12.8. The Morgan fingerprint density at radius 1 is 0.596 bits per heavy atom. The highest BCUT2D eigenvalue weighted by Crippen LogP contribution is 2.38. The molecule has 0 saturated carbocycles. The van der Waals surface area contributed by atoms with Gasteiger partial charge in [0.25, 0.3) is 0 Å². The summed E-state index contributed by atoms with van der Waals surface area (Å²) in [6, 6.07) is 8.22. The lowest BCUT2D eigenvalue weighted by molar-refractivity contribution is -0.275. The van der Waals surface area contributed by atoms with Gasteiger partial charge in [-0.3, -0.25) is 0 Å². The summed E-state index contributed by atoms with van der Waals surface area (Å²) in [5.74, 6) is -1.22. The Morgan fingerprint density at radius 3 is 1.33 bits per heavy atom. The van der Waals surface area contributed by atoms with Gasteiger partial charge in [-0.2, -0.15) is 0 Å². The molecule has 10 atom stereocenters. The van der Waals surface area contributed by atoms with Crippen LogP contribution in [0, 0.1) is 0 Å². The lowest BCUT2D eigenvalue weighted by Crippen LogP contribution is -2.61. The number of hydrogen-bond donors (Lipinski definition) is 6. The number of alkyl halides is 6. The first-order chi connectivity index (χ1) is 26.8. The molecule has 2 aliphatic rings. The SMILES string of the molecule is O=c1oc2ccc(OC(F)(F)F)cc2cc1CO[C@H]1[C@@H](O)[C@@H](CO)O[C@@H](S[C@@H]2O[C@H](CO)[C@H](O)[C@H](OCc3cc4cc(OC(F)(F)F)ccc4oc3=O)[C@H]2O)[C@@H]1O. The van der Waals surface area contributed by atoms with Gasteiger partial charge in [0.2, 0.25) is 0 Å². The molecule has 16 nitrogen and oxygen atoms in total. The number of halogens is 6. The van der Waals surface area contributed by atoms with Crippen LogP contribution in [0.25, 0.3) is 21.9 Å². The number of rotatable bonds is 12. The molecule has 6 rings (SSSR count). The molecule has 2 saturated heterocycles. The van der Waals surface area contributed by atoms with Crippen molar-refractivity contribution in [3.63, 3.8) is 0 Å². The number of hydrogen-bond acceptors (Lipinski definition) is 17. The lowest BCUT2D eigenvalue weighted by Gasteiger charge is -2.46. The van der Waals surface area contributed by atoms with Crippen molar-refractivity contribution in [2.45, 2.75) is 85.6 Å². The maximum absolute atomic E-state index is 12.7. The molecule has 0 bridgehead atoms. The van der Waals surface area contributed by atoms with E-state index in [1.165, 1.54) is 0 Å². The molecule has 4 heterocycles. The monoisotopic (exact) mass is 842 g/mol. The standard InChI is InChI=1S/C34H32F6O16S/c35-33(36,37)55-17-1-3-19-13(7-17)5-15(29(47)51-19)11-49-27-23(43)21(9-41)53-31(25(27)45)57-32-26(46)28(24(44)22(10-42)54-32)50-12-16-6-14-8-18(56-34(38,39)40)2-4-20(14)52-30(16)48/h1-8,21-28,31-32,41-46H,9-12H2/t21-,22-,23+,24+,25-,26-,27+,28+,31+,32+/m1/s1. The molecule has 0 amide bonds. The fourth-order valence-electron chi connectivity index (χ4n) is 6.11. The summed E-state index contributed by atoms with van der Waals surface area (Å²) in [5, 5.41) is 64.2. The molecule has 2 aliphatic heterocycles. The molecule has 0 aliphatic carbocycles. The van der Waals surface area contributed by atoms with E-state index in [0.29, 0.717) is 11.8 Å². The van der Waals surface area contributed by atoms with E-state index in [2.05, 4.69) is 9.47 Å². The topological polar surface area (TPSA) is 237 Å². The van der Waals surface area contributed by atoms with Gasteiger partial charge >= 0.3 is 24.0 Å². The van der Waals surface area contributed by atoms with Crippen molar-refractivity contribution in [3.8, 4) is 11.5 Å². The Balaban J connectivity index is 1.16. The predicted octanol–water partition coefficient (Wildman–Crippen LogP) is 1.78. The normalized spacial score (nSPS) is 28.5. The molecule has 23 heteroatoms. The van der Waals surface area contributed by atoms with Crippen molar-refractivity contribution in [1.82, 2.24) is 0 Å². The second-order valence-corrected chi connectivity index (χ2v) is 13.9. The van der Waals surface area contributed by atoms with Gasteiger partial charge in [-0.25, -0.2) is 9.59 Å². The van der Waals surface area contributed by atoms with Crippen LogP contribution in [0.1, 0.15) is 11.1 Å². The summed E-state index contributed by atoms with van der Waals surface area (Å²) in [6.07, 6.45) is -23.2. The summed E-state index contributed by atoms with van der Waals surface area (Å²) >= 11 is 0.552. The number of ether oxygens (including phenoxy) is 6. The number of thioether (sulfide) groups is 1. The molecule has 2 aromatic heterocycles. The van der Waals surface area contributed by atoms with E-state index in [9.17, 15) is 66.6 Å². The highest BCUT2D eigenvalue weighted by atomic mass is 32.2. The molecule has 312 valence electrons. The van der Waals surface area contributed by atoms with Crippen LogP contribution < -0.4 is 20.7 Å². The molecule has 0 spiro atoms. The summed E-state index contributed by atoms with van der Waals surface area (Å²) < 4.78 is 117. The first-order valence-corrected chi connectivity index (χ1v) is 17.6. The van der Waals surface area contributed by atoms with Crippen LogP contribution in [0.4, 0.5) is 26.3 Å². The Morgan fingerprint density at radius 2 is 0.982 bits per heavy atom. The second kappa shape index (κ2) is 17.1. The molecule has 0 radical (unpaired) electrons. The average molecular weight is 843 g/mol. The van der Waals surface area contributed by atoms with Crippen molar-refractivity contribution in [2.24, 2.45) is 0 Å². The van der Waals surface area contributed by atoms with Crippen LogP contribution in [0.2, 0.25) is 0 Å². The second-order valence-electron chi connectivity index (χ2n) is 12.7. The third kappa shape index (κ3) is 10.00. The molecular formula is C34H32F6O16S. The van der Waals surface area contributed by atoms with Crippen LogP contribution >= 0.6 is 11.8 Å². The van der Waals surface area contributed by atoms with Gasteiger partial charge in [0.1, 0.15) is 82.4 Å². The number of aliphatic hydroxyl groups is 6. The van der Waals surface area contributed by atoms with Crippen LogP contribution in [-0.4, -0.2) is 116 Å². The molecule has 0 unspecified atom stereocenters. The molecule has 4 aromatic rings. The van der Waals surface area contributed by atoms with Gasteiger partial charge in [-0.05, 0) is 48.5 Å². The van der Waals surface area contributed by atoms with Gasteiger partial charge in [-0.15, -0.1) is 26.3 Å². The van der Waals surface area contributed by atoms with E-state index >= 15 is 0 Å². The van der Waals surface area contributed by atoms with Crippen molar-refractivity contribution in [1.29, 1.82) is 0 Å². The zero-order valence-corrected chi connectivity index (χ0v) is 29.5. The Labute approximate surface area is 318 Å². The third-order valence-corrected chi connectivity index (χ3v) is 10.1.